The van der Waals surface area contributed by atoms with Crippen LogP contribution in [0.5, 0.6) is 5.75 Å². The van der Waals surface area contributed by atoms with E-state index in [1.807, 2.05) is 79.9 Å². The zero-order valence-electron chi connectivity index (χ0n) is 28.5. The van der Waals surface area contributed by atoms with Crippen molar-refractivity contribution < 1.29 is 31.3 Å². The maximum absolute atomic E-state index is 13.3. The van der Waals surface area contributed by atoms with E-state index in [1.165, 1.54) is 0 Å². The van der Waals surface area contributed by atoms with Crippen molar-refractivity contribution >= 4 is 39.6 Å². The molecule has 0 radical (unpaired) electrons. The van der Waals surface area contributed by atoms with E-state index in [0.29, 0.717) is 23.8 Å². The van der Waals surface area contributed by atoms with Gasteiger partial charge in [-0.2, -0.15) is 0 Å². The van der Waals surface area contributed by atoms with Crippen LogP contribution in [-0.2, 0) is 28.0 Å². The highest BCUT2D eigenvalue weighted by Crippen LogP contribution is 2.55. The van der Waals surface area contributed by atoms with Crippen LogP contribution in [0.3, 0.4) is 0 Å². The molecule has 12 heteroatoms. The largest absolute Gasteiger partial charge is 0.491 e. The van der Waals surface area contributed by atoms with Crippen molar-refractivity contribution in [1.29, 1.82) is 0 Å². The third kappa shape index (κ3) is 9.40. The molecule has 0 aliphatic rings. The van der Waals surface area contributed by atoms with Gasteiger partial charge in [0.15, 0.2) is 9.84 Å². The number of phosphoric acid groups is 1. The van der Waals surface area contributed by atoms with Gasteiger partial charge in [-0.1, -0.05) is 19.1 Å². The molecular weight excluding hydrogens is 625 g/mol. The number of aromatic amines is 1. The van der Waals surface area contributed by atoms with Gasteiger partial charge in [0.05, 0.1) is 40.6 Å². The Balaban J connectivity index is 1.46. The lowest BCUT2D eigenvalue weighted by atomic mass is 9.99. The van der Waals surface area contributed by atoms with E-state index < -0.39 is 28.9 Å². The average Bonchev–Trinajstić information content (AvgIpc) is 3.32. The zero-order valence-corrected chi connectivity index (χ0v) is 30.2. The Hall–Kier alpha value is -2.79. The quantitative estimate of drug-likeness (QED) is 0.105. The second-order valence-electron chi connectivity index (χ2n) is 13.5. The number of nitrogens with zero attached hydrogens (tertiary/aromatic N) is 2. The maximum atomic E-state index is 13.3. The SMILES string of the molecule is CCS(=O)(=O)c1cccc(-c2ccc(OCCCN(C)CCOP(=O)(OC(C)(C)C)OC(C)(C)C)c3[nH]c4ncc(C)cc4c23)c1. The summed E-state index contributed by atoms with van der Waals surface area (Å²) in [5, 5.41) is 1.88. The fourth-order valence-corrected chi connectivity index (χ4v) is 7.74. The number of benzene rings is 2. The minimum atomic E-state index is -3.76. The lowest BCUT2D eigenvalue weighted by Gasteiger charge is -2.31. The van der Waals surface area contributed by atoms with Crippen LogP contribution >= 0.6 is 7.82 Å². The first-order chi connectivity index (χ1) is 21.4. The normalized spacial score (nSPS) is 13.3. The predicted octanol–water partition coefficient (Wildman–Crippen LogP) is 7.94. The van der Waals surface area contributed by atoms with E-state index in [9.17, 15) is 13.0 Å². The standard InChI is InChI=1S/C34H48N3O7PS/c1-10-46(39,40)26-14-11-13-25(22-26)27-15-16-29(31-30(27)28-21-24(2)23-35-32(28)36-31)41-19-12-17-37(9)18-20-42-45(38,43-33(3,4)5)44-34(6,7)8/h11,13-16,21-23H,10,12,17-20H2,1-9H3,(H,35,36). The fraction of sp³-hybridized carbons (Fsp3) is 0.500. The lowest BCUT2D eigenvalue weighted by molar-refractivity contribution is 0.00155. The van der Waals surface area contributed by atoms with E-state index in [-0.39, 0.29) is 12.4 Å². The Kier molecular flexibility index (Phi) is 11.1. The van der Waals surface area contributed by atoms with Crippen LogP contribution in [0.4, 0.5) is 0 Å². The number of sulfone groups is 1. The number of pyridine rings is 1. The lowest BCUT2D eigenvalue weighted by Crippen LogP contribution is -2.28. The smallest absolute Gasteiger partial charge is 0.475 e. The molecule has 0 fully saturated rings. The van der Waals surface area contributed by atoms with E-state index >= 15 is 0 Å². The summed E-state index contributed by atoms with van der Waals surface area (Å²) in [5.41, 5.74) is 2.90. The molecule has 0 aliphatic carbocycles. The number of likely N-dealkylation sites (N-methyl/N-ethyl adjacent to an activating group) is 1. The summed E-state index contributed by atoms with van der Waals surface area (Å²) in [5.74, 6) is 0.729. The Morgan fingerprint density at radius 3 is 2.30 bits per heavy atom. The summed E-state index contributed by atoms with van der Waals surface area (Å²) in [4.78, 5) is 10.4. The van der Waals surface area contributed by atoms with Gasteiger partial charge in [-0.25, -0.2) is 18.0 Å². The molecule has 2 aromatic heterocycles. The monoisotopic (exact) mass is 673 g/mol. The van der Waals surface area contributed by atoms with Crippen LogP contribution in [0.15, 0.2) is 53.6 Å². The Labute approximate surface area is 273 Å². The molecule has 46 heavy (non-hydrogen) atoms. The minimum Gasteiger partial charge on any atom is -0.491 e. The summed E-state index contributed by atoms with van der Waals surface area (Å²) in [6.07, 6.45) is 2.55. The maximum Gasteiger partial charge on any atom is 0.475 e. The van der Waals surface area contributed by atoms with E-state index in [4.69, 9.17) is 18.3 Å². The van der Waals surface area contributed by atoms with Crippen LogP contribution < -0.4 is 4.74 Å². The van der Waals surface area contributed by atoms with Crippen LogP contribution in [0.25, 0.3) is 33.1 Å². The molecule has 4 rings (SSSR count). The van der Waals surface area contributed by atoms with Gasteiger partial charge in [-0.05, 0) is 109 Å². The number of fused-ring (bicyclic) bond motifs is 3. The van der Waals surface area contributed by atoms with Crippen LogP contribution in [0.1, 0.15) is 60.5 Å². The van der Waals surface area contributed by atoms with Gasteiger partial charge in [0.1, 0.15) is 11.4 Å². The first-order valence-corrected chi connectivity index (χ1v) is 18.7. The van der Waals surface area contributed by atoms with E-state index in [1.54, 1.807) is 25.1 Å². The van der Waals surface area contributed by atoms with Crippen molar-refractivity contribution in [2.24, 2.45) is 0 Å². The molecule has 0 spiro atoms. The van der Waals surface area contributed by atoms with Crippen molar-refractivity contribution in [2.75, 3.05) is 39.1 Å². The van der Waals surface area contributed by atoms with Gasteiger partial charge in [0.25, 0.3) is 0 Å². The molecule has 0 amide bonds. The average molecular weight is 674 g/mol. The summed E-state index contributed by atoms with van der Waals surface area (Å²) < 4.78 is 61.9. The highest BCUT2D eigenvalue weighted by molar-refractivity contribution is 7.91. The molecule has 10 nitrogen and oxygen atoms in total. The van der Waals surface area contributed by atoms with E-state index in [2.05, 4.69) is 20.9 Å². The molecule has 0 atom stereocenters. The van der Waals surface area contributed by atoms with Gasteiger partial charge in [0.2, 0.25) is 0 Å². The van der Waals surface area contributed by atoms with Crippen LogP contribution in [0.2, 0.25) is 0 Å². The number of H-pyrrole nitrogens is 1. The molecule has 2 heterocycles. The highest BCUT2D eigenvalue weighted by Gasteiger charge is 2.37. The second kappa shape index (κ2) is 14.1. The number of ether oxygens (including phenoxy) is 1. The van der Waals surface area contributed by atoms with E-state index in [0.717, 1.165) is 51.6 Å². The molecule has 0 saturated carbocycles. The van der Waals surface area contributed by atoms with Crippen molar-refractivity contribution in [3.8, 4) is 16.9 Å². The summed E-state index contributed by atoms with van der Waals surface area (Å²) in [6.45, 7) is 16.4. The number of rotatable bonds is 14. The predicted molar refractivity (Wildman–Crippen MR) is 184 cm³/mol. The number of aromatic nitrogens is 2. The molecular formula is C34H48N3O7PS. The minimum absolute atomic E-state index is 0.0368. The molecule has 4 aromatic rings. The van der Waals surface area contributed by atoms with Crippen LogP contribution in [0, 0.1) is 6.92 Å². The Morgan fingerprint density at radius 1 is 0.957 bits per heavy atom. The summed E-state index contributed by atoms with van der Waals surface area (Å²) in [6, 6.07) is 13.1. The van der Waals surface area contributed by atoms with Crippen molar-refractivity contribution in [2.45, 2.75) is 77.9 Å². The second-order valence-corrected chi connectivity index (χ2v) is 17.3. The van der Waals surface area contributed by atoms with Gasteiger partial charge in [-0.15, -0.1) is 0 Å². The number of hydrogen-bond acceptors (Lipinski definition) is 9. The van der Waals surface area contributed by atoms with Crippen molar-refractivity contribution in [3.05, 3.63) is 54.2 Å². The van der Waals surface area contributed by atoms with Gasteiger partial charge in [-0.3, -0.25) is 13.6 Å². The zero-order chi connectivity index (χ0) is 33.9. The summed E-state index contributed by atoms with van der Waals surface area (Å²) >= 11 is 0. The molecule has 1 N–H and O–H groups in total. The first-order valence-electron chi connectivity index (χ1n) is 15.6. The Morgan fingerprint density at radius 2 is 1.65 bits per heavy atom. The van der Waals surface area contributed by atoms with Gasteiger partial charge in [0, 0.05) is 30.1 Å². The first kappa shape index (κ1) is 36.1. The van der Waals surface area contributed by atoms with Crippen molar-refractivity contribution in [1.82, 2.24) is 14.9 Å². The topological polar surface area (TPSA) is 120 Å². The van der Waals surface area contributed by atoms with Crippen LogP contribution in [-0.4, -0.2) is 73.6 Å². The summed E-state index contributed by atoms with van der Waals surface area (Å²) in [7, 11) is -5.15. The number of aryl methyl sites for hydroxylation is 1. The highest BCUT2D eigenvalue weighted by atomic mass is 32.2. The molecule has 0 aliphatic heterocycles. The molecule has 0 unspecified atom stereocenters. The number of nitrogens with one attached hydrogen (secondary N) is 1. The fourth-order valence-electron chi connectivity index (χ4n) is 5.03. The van der Waals surface area contributed by atoms with Crippen molar-refractivity contribution in [3.63, 3.8) is 0 Å². The van der Waals surface area contributed by atoms with Gasteiger partial charge >= 0.3 is 7.82 Å². The molecule has 0 saturated heterocycles. The Bertz CT molecular complexity index is 1800. The number of phosphoric ester groups is 1. The molecule has 0 bridgehead atoms. The third-order valence-electron chi connectivity index (χ3n) is 7.02. The third-order valence-corrected chi connectivity index (χ3v) is 10.8. The van der Waals surface area contributed by atoms with Gasteiger partial charge < -0.3 is 14.6 Å². The molecule has 252 valence electrons. The number of hydrogen-bond donors (Lipinski definition) is 1. The molecule has 2 aromatic carbocycles.